The molecule has 3 N–H and O–H groups in total. The number of hydrogen-bond acceptors (Lipinski definition) is 7. The van der Waals surface area contributed by atoms with Gasteiger partial charge in [-0.2, -0.15) is 8.61 Å². The van der Waals surface area contributed by atoms with Crippen LogP contribution < -0.4 is 11.1 Å². The van der Waals surface area contributed by atoms with Gasteiger partial charge in [-0.05, 0) is 34.4 Å². The summed E-state index contributed by atoms with van der Waals surface area (Å²) < 4.78 is 55.3. The van der Waals surface area contributed by atoms with Crippen LogP contribution >= 0.6 is 11.3 Å². The van der Waals surface area contributed by atoms with Gasteiger partial charge in [0.15, 0.2) is 6.17 Å². The number of nitrogens with two attached hydrogens (primary N) is 1. The van der Waals surface area contributed by atoms with Gasteiger partial charge in [0, 0.05) is 26.2 Å². The van der Waals surface area contributed by atoms with Crippen LogP contribution in [0.2, 0.25) is 0 Å². The second-order valence-corrected chi connectivity index (χ2v) is 12.1. The first-order chi connectivity index (χ1) is 15.3. The van der Waals surface area contributed by atoms with Crippen molar-refractivity contribution in [3.8, 4) is 0 Å². The molecule has 1 amide bonds. The number of rotatable bonds is 7. The van der Waals surface area contributed by atoms with E-state index in [-0.39, 0.29) is 35.3 Å². The minimum Gasteiger partial charge on any atom is -0.352 e. The Morgan fingerprint density at radius 3 is 2.31 bits per heavy atom. The number of sulfonamides is 2. The van der Waals surface area contributed by atoms with Crippen molar-refractivity contribution in [3.05, 3.63) is 60.0 Å². The van der Waals surface area contributed by atoms with E-state index in [1.165, 1.54) is 18.2 Å². The third-order valence-electron chi connectivity index (χ3n) is 5.15. The summed E-state index contributed by atoms with van der Waals surface area (Å²) >= 11 is 1.01. The molecule has 0 aliphatic carbocycles. The zero-order valence-corrected chi connectivity index (χ0v) is 19.4. The Morgan fingerprint density at radius 1 is 0.969 bits per heavy atom. The van der Waals surface area contributed by atoms with Gasteiger partial charge in [0.05, 0.1) is 4.90 Å². The molecule has 9 nitrogen and oxygen atoms in total. The van der Waals surface area contributed by atoms with Crippen LogP contribution in [0.3, 0.4) is 0 Å². The molecule has 2 aromatic carbocycles. The van der Waals surface area contributed by atoms with Gasteiger partial charge in [0.1, 0.15) is 4.21 Å². The van der Waals surface area contributed by atoms with E-state index in [9.17, 15) is 21.6 Å². The molecular formula is C20H22N4O5S3. The largest absolute Gasteiger partial charge is 0.352 e. The Morgan fingerprint density at radius 2 is 1.66 bits per heavy atom. The lowest BCUT2D eigenvalue weighted by atomic mass is 10.1. The maximum atomic E-state index is 13.5. The number of nitrogens with zero attached hydrogens (tertiary/aromatic N) is 2. The molecule has 0 radical (unpaired) electrons. The van der Waals surface area contributed by atoms with E-state index in [0.717, 1.165) is 30.7 Å². The minimum atomic E-state index is -4.17. The van der Waals surface area contributed by atoms with Crippen LogP contribution in [0.4, 0.5) is 0 Å². The van der Waals surface area contributed by atoms with Gasteiger partial charge in [-0.3, -0.25) is 4.79 Å². The summed E-state index contributed by atoms with van der Waals surface area (Å²) in [6.45, 7) is -0.0755. The number of hydrogen-bond donors (Lipinski definition) is 2. The van der Waals surface area contributed by atoms with E-state index >= 15 is 0 Å². The third-order valence-corrected chi connectivity index (χ3v) is 10.2. The van der Waals surface area contributed by atoms with Crippen LogP contribution in [0.5, 0.6) is 0 Å². The van der Waals surface area contributed by atoms with Crippen molar-refractivity contribution in [2.45, 2.75) is 15.3 Å². The summed E-state index contributed by atoms with van der Waals surface area (Å²) in [5.41, 5.74) is 5.46. The summed E-state index contributed by atoms with van der Waals surface area (Å²) in [5.74, 6) is -0.738. The zero-order chi connectivity index (χ0) is 22.9. The van der Waals surface area contributed by atoms with E-state index in [4.69, 9.17) is 5.73 Å². The minimum absolute atomic E-state index is 0.0109. The van der Waals surface area contributed by atoms with Gasteiger partial charge in [-0.15, -0.1) is 11.3 Å². The van der Waals surface area contributed by atoms with Crippen molar-refractivity contribution in [2.24, 2.45) is 5.73 Å². The monoisotopic (exact) mass is 494 g/mol. The van der Waals surface area contributed by atoms with Crippen LogP contribution in [0, 0.1) is 0 Å². The zero-order valence-electron chi connectivity index (χ0n) is 16.9. The molecule has 4 rings (SSSR count). The molecule has 0 spiro atoms. The molecule has 12 heteroatoms. The molecule has 1 aromatic heterocycles. The number of nitrogens with one attached hydrogen (secondary N) is 1. The molecule has 1 aliphatic heterocycles. The third kappa shape index (κ3) is 4.05. The average Bonchev–Trinajstić information content (AvgIpc) is 3.48. The molecule has 0 bridgehead atoms. The number of fused-ring (bicyclic) bond motifs is 1. The summed E-state index contributed by atoms with van der Waals surface area (Å²) in [4.78, 5) is 12.9. The summed E-state index contributed by atoms with van der Waals surface area (Å²) in [6.07, 6.45) is -1.55. The molecule has 2 heterocycles. The van der Waals surface area contributed by atoms with Crippen molar-refractivity contribution in [1.82, 2.24) is 13.9 Å². The van der Waals surface area contributed by atoms with Crippen molar-refractivity contribution in [2.75, 3.05) is 26.2 Å². The van der Waals surface area contributed by atoms with E-state index in [2.05, 4.69) is 5.32 Å². The lowest BCUT2D eigenvalue weighted by molar-refractivity contribution is -0.126. The fraction of sp³-hybridized carbons (Fsp3) is 0.250. The van der Waals surface area contributed by atoms with Crippen molar-refractivity contribution < 1.29 is 21.6 Å². The van der Waals surface area contributed by atoms with E-state index in [1.54, 1.807) is 29.6 Å². The van der Waals surface area contributed by atoms with Crippen LogP contribution in [-0.2, 0) is 24.8 Å². The number of amides is 1. The summed E-state index contributed by atoms with van der Waals surface area (Å²) in [5, 5.41) is 5.73. The molecule has 170 valence electrons. The second kappa shape index (κ2) is 8.89. The maximum absolute atomic E-state index is 13.5. The first kappa shape index (κ1) is 22.8. The fourth-order valence-electron chi connectivity index (χ4n) is 3.63. The van der Waals surface area contributed by atoms with Gasteiger partial charge in [-0.25, -0.2) is 16.8 Å². The summed E-state index contributed by atoms with van der Waals surface area (Å²) in [7, 11) is -8.24. The standard InChI is InChI=1S/C20H22N4O5S3/c21-9-10-22-19(25)20-23(11-12-24(20)32(28,29)18-6-3-13-30-18)31(26,27)17-8-7-15-4-1-2-5-16(15)14-17/h1-8,13-14,20H,9-12,21H2,(H,22,25). The molecule has 1 aliphatic rings. The molecule has 1 fully saturated rings. The van der Waals surface area contributed by atoms with Gasteiger partial charge < -0.3 is 11.1 Å². The number of benzene rings is 2. The fourth-order valence-corrected chi connectivity index (χ4v) is 7.93. The maximum Gasteiger partial charge on any atom is 0.254 e. The molecule has 32 heavy (non-hydrogen) atoms. The predicted octanol–water partition coefficient (Wildman–Crippen LogP) is 0.998. The average molecular weight is 495 g/mol. The molecule has 1 atom stereocenters. The smallest absolute Gasteiger partial charge is 0.254 e. The van der Waals surface area contributed by atoms with E-state index < -0.39 is 32.1 Å². The first-order valence-electron chi connectivity index (χ1n) is 9.80. The van der Waals surface area contributed by atoms with Gasteiger partial charge in [0.2, 0.25) is 10.0 Å². The van der Waals surface area contributed by atoms with Crippen LogP contribution in [0.25, 0.3) is 10.8 Å². The molecule has 3 aromatic rings. The second-order valence-electron chi connectivity index (χ2n) is 7.13. The highest BCUT2D eigenvalue weighted by Gasteiger charge is 2.49. The Labute approximate surface area is 190 Å². The number of carbonyl (C=O) groups excluding carboxylic acids is 1. The molecular weight excluding hydrogens is 472 g/mol. The summed E-state index contributed by atoms with van der Waals surface area (Å²) in [6, 6.07) is 15.0. The van der Waals surface area contributed by atoms with Crippen LogP contribution in [0.1, 0.15) is 0 Å². The van der Waals surface area contributed by atoms with Crippen LogP contribution in [0.15, 0.2) is 69.1 Å². The van der Waals surface area contributed by atoms with Gasteiger partial charge in [-0.1, -0.05) is 36.4 Å². The Kier molecular flexibility index (Phi) is 6.34. The highest BCUT2D eigenvalue weighted by molar-refractivity contribution is 7.91. The highest BCUT2D eigenvalue weighted by atomic mass is 32.2. The highest BCUT2D eigenvalue weighted by Crippen LogP contribution is 2.31. The van der Waals surface area contributed by atoms with Crippen molar-refractivity contribution >= 4 is 48.1 Å². The molecule has 1 unspecified atom stereocenters. The lowest BCUT2D eigenvalue weighted by Gasteiger charge is -2.28. The molecule has 0 saturated carbocycles. The lowest BCUT2D eigenvalue weighted by Crippen LogP contribution is -2.54. The topological polar surface area (TPSA) is 130 Å². The number of carbonyl (C=O) groups is 1. The Hall–Kier alpha value is -2.35. The van der Waals surface area contributed by atoms with Crippen molar-refractivity contribution in [3.63, 3.8) is 0 Å². The SMILES string of the molecule is NCCNC(=O)C1N(S(=O)(=O)c2ccc3ccccc3c2)CCN1S(=O)(=O)c1cccs1. The first-order valence-corrected chi connectivity index (χ1v) is 13.6. The normalized spacial score (nSPS) is 18.2. The molecule has 1 saturated heterocycles. The predicted molar refractivity (Wildman–Crippen MR) is 122 cm³/mol. The quantitative estimate of drug-likeness (QED) is 0.504. The van der Waals surface area contributed by atoms with E-state index in [0.29, 0.717) is 0 Å². The van der Waals surface area contributed by atoms with Gasteiger partial charge >= 0.3 is 0 Å². The van der Waals surface area contributed by atoms with Crippen molar-refractivity contribution in [1.29, 1.82) is 0 Å². The van der Waals surface area contributed by atoms with Crippen LogP contribution in [-0.4, -0.2) is 63.7 Å². The van der Waals surface area contributed by atoms with Gasteiger partial charge in [0.25, 0.3) is 15.9 Å². The number of thiophene rings is 1. The Bertz CT molecular complexity index is 1340. The Balaban J connectivity index is 1.76. The van der Waals surface area contributed by atoms with E-state index in [1.807, 2.05) is 12.1 Å².